The molecule has 0 atom stereocenters. The maximum atomic E-state index is 3.34. The molecule has 0 amide bonds. The minimum absolute atomic E-state index is 0. The van der Waals surface area contributed by atoms with Gasteiger partial charge >= 0.3 is 0 Å². The summed E-state index contributed by atoms with van der Waals surface area (Å²) in [5.74, 6) is 1.19. The third-order valence-corrected chi connectivity index (χ3v) is 2.64. The van der Waals surface area contributed by atoms with Crippen LogP contribution in [0.5, 0.6) is 0 Å². The number of halogens is 1. The van der Waals surface area contributed by atoms with Gasteiger partial charge in [-0.25, -0.2) is 0 Å². The van der Waals surface area contributed by atoms with Crippen LogP contribution in [-0.4, -0.2) is 12.3 Å². The van der Waals surface area contributed by atoms with Gasteiger partial charge in [0.2, 0.25) is 0 Å². The first-order valence-corrected chi connectivity index (χ1v) is 4.41. The van der Waals surface area contributed by atoms with Gasteiger partial charge in [0.1, 0.15) is 0 Å². The highest BCUT2D eigenvalue weighted by atomic mass is 35.5. The topological polar surface area (TPSA) is 12.0 Å². The van der Waals surface area contributed by atoms with E-state index in [4.69, 9.17) is 0 Å². The standard InChI is InChI=1S/C8H9NS.ClH/c1-2-4-8-7(3-1)9-5-6-10-8;/h1-4,9H,5-6H2;1H/p-1. The molecule has 1 aromatic rings. The smallest absolute Gasteiger partial charge is 0.0478 e. The van der Waals surface area contributed by atoms with E-state index in [0.717, 1.165) is 6.54 Å². The van der Waals surface area contributed by atoms with E-state index in [2.05, 4.69) is 29.6 Å². The summed E-state index contributed by atoms with van der Waals surface area (Å²) in [6.45, 7) is 1.10. The van der Waals surface area contributed by atoms with Crippen LogP contribution in [0.4, 0.5) is 5.69 Å². The van der Waals surface area contributed by atoms with E-state index >= 15 is 0 Å². The van der Waals surface area contributed by atoms with E-state index < -0.39 is 0 Å². The monoisotopic (exact) mass is 186 g/mol. The van der Waals surface area contributed by atoms with Crippen molar-refractivity contribution in [3.8, 4) is 0 Å². The van der Waals surface area contributed by atoms with Gasteiger partial charge in [-0.3, -0.25) is 0 Å². The van der Waals surface area contributed by atoms with Gasteiger partial charge in [-0.15, -0.1) is 11.8 Å². The molecule has 1 heterocycles. The second-order valence-electron chi connectivity index (χ2n) is 2.27. The van der Waals surface area contributed by atoms with E-state index in [1.807, 2.05) is 11.8 Å². The molecule has 0 bridgehead atoms. The summed E-state index contributed by atoms with van der Waals surface area (Å²) in [7, 11) is 0. The van der Waals surface area contributed by atoms with E-state index in [1.165, 1.54) is 16.3 Å². The lowest BCUT2D eigenvalue weighted by molar-refractivity contribution is -0.00000192. The van der Waals surface area contributed by atoms with E-state index in [0.29, 0.717) is 0 Å². The minimum atomic E-state index is 0. The highest BCUT2D eigenvalue weighted by Crippen LogP contribution is 2.29. The van der Waals surface area contributed by atoms with Crippen molar-refractivity contribution >= 4 is 17.4 Å². The van der Waals surface area contributed by atoms with Crippen LogP contribution in [0.3, 0.4) is 0 Å². The van der Waals surface area contributed by atoms with Crippen molar-refractivity contribution in [1.29, 1.82) is 0 Å². The molecule has 0 saturated carbocycles. The predicted octanol–water partition coefficient (Wildman–Crippen LogP) is -0.792. The summed E-state index contributed by atoms with van der Waals surface area (Å²) >= 11 is 1.93. The Bertz CT molecular complexity index is 214. The highest BCUT2D eigenvalue weighted by molar-refractivity contribution is 7.99. The Hall–Kier alpha value is -0.340. The van der Waals surface area contributed by atoms with E-state index in [1.54, 1.807) is 0 Å². The SMILES string of the molecule is [Cl-].c1ccc2c(c1)NCCS2. The fourth-order valence-electron chi connectivity index (χ4n) is 1.09. The van der Waals surface area contributed by atoms with Gasteiger partial charge in [0.15, 0.2) is 0 Å². The zero-order chi connectivity index (χ0) is 6.81. The first kappa shape index (κ1) is 8.75. The molecule has 0 fully saturated rings. The van der Waals surface area contributed by atoms with Gasteiger partial charge < -0.3 is 17.7 Å². The van der Waals surface area contributed by atoms with Gasteiger partial charge in [0, 0.05) is 22.9 Å². The second-order valence-corrected chi connectivity index (χ2v) is 3.41. The van der Waals surface area contributed by atoms with Crippen LogP contribution in [0.25, 0.3) is 0 Å². The van der Waals surface area contributed by atoms with Crippen molar-refractivity contribution in [2.24, 2.45) is 0 Å². The summed E-state index contributed by atoms with van der Waals surface area (Å²) < 4.78 is 0. The molecule has 0 radical (unpaired) electrons. The maximum absolute atomic E-state index is 3.34. The van der Waals surface area contributed by atoms with Crippen LogP contribution in [0, 0.1) is 0 Å². The van der Waals surface area contributed by atoms with Crippen molar-refractivity contribution in [3.63, 3.8) is 0 Å². The van der Waals surface area contributed by atoms with Crippen LogP contribution in [-0.2, 0) is 0 Å². The lowest BCUT2D eigenvalue weighted by Crippen LogP contribution is -3.00. The van der Waals surface area contributed by atoms with E-state index in [-0.39, 0.29) is 12.4 Å². The maximum Gasteiger partial charge on any atom is 0.0478 e. The van der Waals surface area contributed by atoms with Gasteiger partial charge in [-0.05, 0) is 12.1 Å². The summed E-state index contributed by atoms with van der Waals surface area (Å²) in [6.07, 6.45) is 0. The Kier molecular flexibility index (Phi) is 3.09. The average molecular weight is 187 g/mol. The number of para-hydroxylation sites is 1. The molecule has 0 aliphatic carbocycles. The Morgan fingerprint density at radius 3 is 2.91 bits per heavy atom. The van der Waals surface area contributed by atoms with E-state index in [9.17, 15) is 0 Å². The van der Waals surface area contributed by atoms with Crippen LogP contribution in [0.1, 0.15) is 0 Å². The molecule has 60 valence electrons. The number of fused-ring (bicyclic) bond motifs is 1. The third kappa shape index (κ3) is 1.82. The van der Waals surface area contributed by atoms with Gasteiger partial charge in [0.25, 0.3) is 0 Å². The fourth-order valence-corrected chi connectivity index (χ4v) is 1.98. The Balaban J connectivity index is 0.000000605. The molecule has 1 nitrogen and oxygen atoms in total. The molecular weight excluding hydrogens is 178 g/mol. The molecule has 0 spiro atoms. The fraction of sp³-hybridized carbons (Fsp3) is 0.250. The molecule has 2 rings (SSSR count). The van der Waals surface area contributed by atoms with Gasteiger partial charge in [-0.1, -0.05) is 12.1 Å². The summed E-state index contributed by atoms with van der Waals surface area (Å²) in [6, 6.07) is 8.43. The largest absolute Gasteiger partial charge is 1.00 e. The Morgan fingerprint density at radius 2 is 2.09 bits per heavy atom. The Morgan fingerprint density at radius 1 is 1.27 bits per heavy atom. The lowest BCUT2D eigenvalue weighted by Gasteiger charge is -2.16. The molecule has 1 aromatic carbocycles. The van der Waals surface area contributed by atoms with Crippen LogP contribution in [0.2, 0.25) is 0 Å². The number of thioether (sulfide) groups is 1. The molecule has 1 aliphatic rings. The highest BCUT2D eigenvalue weighted by Gasteiger charge is 2.05. The lowest BCUT2D eigenvalue weighted by atomic mass is 10.3. The van der Waals surface area contributed by atoms with Crippen molar-refractivity contribution in [3.05, 3.63) is 24.3 Å². The molecule has 0 saturated heterocycles. The normalized spacial score (nSPS) is 14.2. The summed E-state index contributed by atoms with van der Waals surface area (Å²) in [5.41, 5.74) is 1.29. The molecule has 0 aromatic heterocycles. The molecule has 0 unspecified atom stereocenters. The molecule has 3 heteroatoms. The molecule has 1 N–H and O–H groups in total. The number of hydrogen-bond donors (Lipinski definition) is 1. The number of rotatable bonds is 0. The van der Waals surface area contributed by atoms with Crippen LogP contribution in [0.15, 0.2) is 29.2 Å². The average Bonchev–Trinajstić information content (AvgIpc) is 2.05. The Labute approximate surface area is 77.0 Å². The van der Waals surface area contributed by atoms with Gasteiger partial charge in [0.05, 0.1) is 0 Å². The zero-order valence-corrected chi connectivity index (χ0v) is 7.58. The van der Waals surface area contributed by atoms with Gasteiger partial charge in [-0.2, -0.15) is 0 Å². The second kappa shape index (κ2) is 3.88. The molecular formula is C8H9ClNS-. The van der Waals surface area contributed by atoms with Crippen molar-refractivity contribution in [2.45, 2.75) is 4.90 Å². The van der Waals surface area contributed by atoms with Crippen LogP contribution >= 0.6 is 11.8 Å². The van der Waals surface area contributed by atoms with Crippen molar-refractivity contribution in [1.82, 2.24) is 0 Å². The number of anilines is 1. The molecule has 11 heavy (non-hydrogen) atoms. The summed E-state index contributed by atoms with van der Waals surface area (Å²) in [4.78, 5) is 1.38. The number of benzene rings is 1. The predicted molar refractivity (Wildman–Crippen MR) is 45.7 cm³/mol. The minimum Gasteiger partial charge on any atom is -1.00 e. The van der Waals surface area contributed by atoms with Crippen LogP contribution < -0.4 is 17.7 Å². The zero-order valence-electron chi connectivity index (χ0n) is 6.01. The first-order valence-electron chi connectivity index (χ1n) is 3.42. The quantitative estimate of drug-likeness (QED) is 0.570. The van der Waals surface area contributed by atoms with Crippen molar-refractivity contribution < 1.29 is 12.4 Å². The number of hydrogen-bond acceptors (Lipinski definition) is 2. The first-order chi connectivity index (χ1) is 4.97. The summed E-state index contributed by atoms with van der Waals surface area (Å²) in [5, 5.41) is 3.34. The number of nitrogens with one attached hydrogen (secondary N) is 1. The van der Waals surface area contributed by atoms with Crippen molar-refractivity contribution in [2.75, 3.05) is 17.6 Å². The third-order valence-electron chi connectivity index (χ3n) is 1.56. The molecule has 1 aliphatic heterocycles.